The molecule has 1 aliphatic heterocycles. The van der Waals surface area contributed by atoms with Crippen molar-refractivity contribution in [2.75, 3.05) is 25.2 Å². The molecule has 0 unspecified atom stereocenters. The molecule has 0 aliphatic carbocycles. The maximum Gasteiger partial charge on any atom is 0.331 e. The van der Waals surface area contributed by atoms with Crippen LogP contribution in [0.25, 0.3) is 6.08 Å². The molecule has 1 aromatic rings. The molecule has 1 aliphatic rings. The van der Waals surface area contributed by atoms with Gasteiger partial charge in [0.1, 0.15) is 5.15 Å². The SMILES string of the molecule is CNC(=O)NC(=O)COC(=O)/C=C/c1c(C)nn([C@@H]2CCS(=O)(=O)C2)c1Cl. The number of ether oxygens (including phenoxy) is 1. The summed E-state index contributed by atoms with van der Waals surface area (Å²) in [6.45, 7) is 1.05. The molecular weight excluding hydrogens is 400 g/mol. The Labute approximate surface area is 160 Å². The molecule has 2 rings (SSSR count). The number of hydrogen-bond acceptors (Lipinski definition) is 7. The number of halogens is 1. The highest BCUT2D eigenvalue weighted by molar-refractivity contribution is 7.91. The number of carbonyl (C=O) groups is 3. The Kier molecular flexibility index (Phi) is 6.60. The molecule has 0 radical (unpaired) electrons. The molecule has 0 saturated carbocycles. The van der Waals surface area contributed by atoms with Crippen LogP contribution in [0.3, 0.4) is 0 Å². The van der Waals surface area contributed by atoms with Gasteiger partial charge in [-0.05, 0) is 19.4 Å². The van der Waals surface area contributed by atoms with Crippen molar-refractivity contribution in [2.24, 2.45) is 0 Å². The third-order valence-corrected chi connectivity index (χ3v) is 5.96. The average Bonchev–Trinajstić information content (AvgIpc) is 3.10. The summed E-state index contributed by atoms with van der Waals surface area (Å²) in [6, 6.07) is -1.06. The van der Waals surface area contributed by atoms with Crippen molar-refractivity contribution < 1.29 is 27.5 Å². The van der Waals surface area contributed by atoms with E-state index in [4.69, 9.17) is 16.3 Å². The van der Waals surface area contributed by atoms with Gasteiger partial charge in [-0.15, -0.1) is 0 Å². The zero-order chi connectivity index (χ0) is 20.2. The summed E-state index contributed by atoms with van der Waals surface area (Å²) in [7, 11) is -1.76. The van der Waals surface area contributed by atoms with Gasteiger partial charge in [-0.1, -0.05) is 11.6 Å². The van der Waals surface area contributed by atoms with Crippen molar-refractivity contribution in [3.63, 3.8) is 0 Å². The van der Waals surface area contributed by atoms with Gasteiger partial charge >= 0.3 is 12.0 Å². The number of nitrogens with zero attached hydrogens (tertiary/aromatic N) is 2. The van der Waals surface area contributed by atoms with Crippen molar-refractivity contribution in [3.8, 4) is 0 Å². The third kappa shape index (κ3) is 5.54. The Morgan fingerprint density at radius 1 is 1.41 bits per heavy atom. The van der Waals surface area contributed by atoms with Crippen molar-refractivity contribution in [2.45, 2.75) is 19.4 Å². The highest BCUT2D eigenvalue weighted by atomic mass is 35.5. The zero-order valence-corrected chi connectivity index (χ0v) is 16.3. The monoisotopic (exact) mass is 418 g/mol. The van der Waals surface area contributed by atoms with E-state index in [2.05, 4.69) is 10.4 Å². The smallest absolute Gasteiger partial charge is 0.331 e. The van der Waals surface area contributed by atoms with Gasteiger partial charge in [0.25, 0.3) is 5.91 Å². The van der Waals surface area contributed by atoms with Crippen LogP contribution in [-0.2, 0) is 24.2 Å². The standard InChI is InChI=1S/C15H19ClN4O6S/c1-9-11(3-4-13(22)26-7-12(21)18-15(23)17-2)14(16)20(19-9)10-5-6-27(24,25)8-10/h3-4,10H,5-8H2,1-2H3,(H2,17,18,21,23)/b4-3+/t10-/m1/s1. The number of rotatable bonds is 5. The van der Waals surface area contributed by atoms with E-state index in [1.54, 1.807) is 6.92 Å². The molecule has 2 N–H and O–H groups in total. The van der Waals surface area contributed by atoms with E-state index in [1.807, 2.05) is 5.32 Å². The fraction of sp³-hybridized carbons (Fsp3) is 0.467. The molecule has 2 heterocycles. The number of aromatic nitrogens is 2. The Bertz CT molecular complexity index is 892. The van der Waals surface area contributed by atoms with Gasteiger partial charge in [-0.3, -0.25) is 10.1 Å². The van der Waals surface area contributed by atoms with Crippen LogP contribution in [0.5, 0.6) is 0 Å². The molecule has 1 fully saturated rings. The van der Waals surface area contributed by atoms with Crippen LogP contribution in [0.4, 0.5) is 4.79 Å². The lowest BCUT2D eigenvalue weighted by Crippen LogP contribution is -2.39. The highest BCUT2D eigenvalue weighted by Crippen LogP contribution is 2.30. The molecule has 12 heteroatoms. The quantitative estimate of drug-likeness (QED) is 0.515. The summed E-state index contributed by atoms with van der Waals surface area (Å²) < 4.78 is 29.4. The minimum Gasteiger partial charge on any atom is -0.452 e. The van der Waals surface area contributed by atoms with Gasteiger partial charge in [0.15, 0.2) is 16.4 Å². The fourth-order valence-electron chi connectivity index (χ4n) is 2.49. The van der Waals surface area contributed by atoms with Crippen LogP contribution in [-0.4, -0.2) is 61.3 Å². The molecule has 0 spiro atoms. The lowest BCUT2D eigenvalue weighted by atomic mass is 10.2. The Morgan fingerprint density at radius 3 is 2.70 bits per heavy atom. The Morgan fingerprint density at radius 2 is 2.11 bits per heavy atom. The van der Waals surface area contributed by atoms with E-state index in [0.29, 0.717) is 17.7 Å². The Hall–Kier alpha value is -2.40. The molecule has 1 atom stereocenters. The van der Waals surface area contributed by atoms with Crippen molar-refractivity contribution in [1.29, 1.82) is 0 Å². The van der Waals surface area contributed by atoms with Crippen molar-refractivity contribution in [1.82, 2.24) is 20.4 Å². The molecule has 27 heavy (non-hydrogen) atoms. The summed E-state index contributed by atoms with van der Waals surface area (Å²) in [5.41, 5.74) is 0.971. The molecule has 3 amide bonds. The first-order chi connectivity index (χ1) is 12.6. The van der Waals surface area contributed by atoms with Gasteiger partial charge in [-0.25, -0.2) is 22.7 Å². The van der Waals surface area contributed by atoms with Gasteiger partial charge in [0.05, 0.1) is 23.2 Å². The maximum atomic E-state index is 11.7. The first-order valence-electron chi connectivity index (χ1n) is 7.94. The van der Waals surface area contributed by atoms with E-state index in [9.17, 15) is 22.8 Å². The molecule has 0 aromatic carbocycles. The minimum atomic E-state index is -3.09. The van der Waals surface area contributed by atoms with Crippen LogP contribution in [0.2, 0.25) is 5.15 Å². The minimum absolute atomic E-state index is 0.0283. The number of hydrogen-bond donors (Lipinski definition) is 2. The second kappa shape index (κ2) is 8.53. The van der Waals surface area contributed by atoms with E-state index in [-0.39, 0.29) is 22.7 Å². The van der Waals surface area contributed by atoms with E-state index >= 15 is 0 Å². The predicted molar refractivity (Wildman–Crippen MR) is 96.9 cm³/mol. The lowest BCUT2D eigenvalue weighted by Gasteiger charge is -2.09. The fourth-order valence-corrected chi connectivity index (χ4v) is 4.56. The van der Waals surface area contributed by atoms with Crippen LogP contribution in [0.15, 0.2) is 6.08 Å². The average molecular weight is 419 g/mol. The summed E-state index contributed by atoms with van der Waals surface area (Å²) in [4.78, 5) is 34.0. The van der Waals surface area contributed by atoms with Gasteiger partial charge in [0, 0.05) is 18.7 Å². The summed E-state index contributed by atoms with van der Waals surface area (Å²) in [5.74, 6) is -1.53. The highest BCUT2D eigenvalue weighted by Gasteiger charge is 2.31. The molecular formula is C15H19ClN4O6S. The zero-order valence-electron chi connectivity index (χ0n) is 14.7. The second-order valence-corrected chi connectivity index (χ2v) is 8.45. The number of carbonyl (C=O) groups excluding carboxylic acids is 3. The number of sulfone groups is 1. The van der Waals surface area contributed by atoms with E-state index in [1.165, 1.54) is 17.8 Å². The number of imide groups is 1. The molecule has 0 bridgehead atoms. The summed E-state index contributed by atoms with van der Waals surface area (Å²) >= 11 is 6.28. The topological polar surface area (TPSA) is 136 Å². The van der Waals surface area contributed by atoms with Crippen LogP contribution in [0, 0.1) is 6.92 Å². The number of nitrogens with one attached hydrogen (secondary N) is 2. The van der Waals surface area contributed by atoms with Gasteiger partial charge in [-0.2, -0.15) is 5.10 Å². The molecule has 1 saturated heterocycles. The van der Waals surface area contributed by atoms with Gasteiger partial charge in [0.2, 0.25) is 0 Å². The number of amides is 3. The first kappa shape index (κ1) is 20.9. The van der Waals surface area contributed by atoms with Crippen molar-refractivity contribution in [3.05, 3.63) is 22.5 Å². The van der Waals surface area contributed by atoms with Crippen LogP contribution in [0.1, 0.15) is 23.7 Å². The van der Waals surface area contributed by atoms with Crippen LogP contribution < -0.4 is 10.6 Å². The molecule has 148 valence electrons. The lowest BCUT2D eigenvalue weighted by molar-refractivity contribution is -0.143. The Balaban J connectivity index is 1.99. The van der Waals surface area contributed by atoms with E-state index < -0.39 is 34.4 Å². The van der Waals surface area contributed by atoms with Crippen LogP contribution >= 0.6 is 11.6 Å². The first-order valence-corrected chi connectivity index (χ1v) is 10.1. The molecule has 10 nitrogen and oxygen atoms in total. The predicted octanol–water partition coefficient (Wildman–Crippen LogP) is 0.217. The van der Waals surface area contributed by atoms with E-state index in [0.717, 1.165) is 6.08 Å². The number of aryl methyl sites for hydroxylation is 1. The second-order valence-electron chi connectivity index (χ2n) is 5.86. The normalized spacial score (nSPS) is 18.4. The summed E-state index contributed by atoms with van der Waals surface area (Å²) in [6.07, 6.45) is 2.87. The summed E-state index contributed by atoms with van der Waals surface area (Å²) in [5, 5.41) is 8.61. The number of esters is 1. The van der Waals surface area contributed by atoms with Crippen molar-refractivity contribution >= 4 is 45.4 Å². The third-order valence-electron chi connectivity index (χ3n) is 3.84. The largest absolute Gasteiger partial charge is 0.452 e. The number of urea groups is 1. The van der Waals surface area contributed by atoms with Gasteiger partial charge < -0.3 is 10.1 Å². The maximum absolute atomic E-state index is 11.7. The molecule has 1 aromatic heterocycles.